The van der Waals surface area contributed by atoms with Crippen LogP contribution in [0.25, 0.3) is 11.4 Å². The van der Waals surface area contributed by atoms with Crippen LogP contribution in [0.4, 0.5) is 0 Å². The Morgan fingerprint density at radius 1 is 1.23 bits per heavy atom. The molecule has 114 valence electrons. The maximum Gasteiger partial charge on any atom is 0.354 e. The molecular weight excluding hydrogens is 282 g/mol. The molecule has 0 unspecified atom stereocenters. The smallest absolute Gasteiger partial charge is 0.354 e. The van der Waals surface area contributed by atoms with Crippen molar-refractivity contribution in [2.75, 3.05) is 26.3 Å². The fourth-order valence-electron chi connectivity index (χ4n) is 2.48. The Balaban J connectivity index is 1.90. The highest BCUT2D eigenvalue weighted by Crippen LogP contribution is 2.22. The van der Waals surface area contributed by atoms with E-state index in [-0.39, 0.29) is 5.69 Å². The summed E-state index contributed by atoms with van der Waals surface area (Å²) in [4.78, 5) is 21.8. The van der Waals surface area contributed by atoms with Gasteiger partial charge in [0, 0.05) is 31.4 Å². The Hall–Kier alpha value is -2.31. The van der Waals surface area contributed by atoms with E-state index >= 15 is 0 Å². The van der Waals surface area contributed by atoms with Crippen molar-refractivity contribution in [3.05, 3.63) is 47.8 Å². The molecule has 1 aromatic heterocycles. The van der Waals surface area contributed by atoms with Crippen LogP contribution in [0.1, 0.15) is 16.1 Å². The molecule has 0 aliphatic carbocycles. The normalized spacial score (nSPS) is 15.6. The summed E-state index contributed by atoms with van der Waals surface area (Å²) in [5.74, 6) is -0.599. The molecule has 6 nitrogen and oxygen atoms in total. The van der Waals surface area contributed by atoms with Crippen LogP contribution in [0.15, 0.2) is 36.5 Å². The molecule has 3 rings (SSSR count). The number of benzene rings is 1. The lowest BCUT2D eigenvalue weighted by molar-refractivity contribution is 0.0342. The second-order valence-electron chi connectivity index (χ2n) is 5.12. The van der Waals surface area contributed by atoms with Gasteiger partial charge in [-0.2, -0.15) is 0 Å². The van der Waals surface area contributed by atoms with E-state index in [1.54, 1.807) is 0 Å². The highest BCUT2D eigenvalue weighted by atomic mass is 16.5. The zero-order valence-corrected chi connectivity index (χ0v) is 12.1. The Kier molecular flexibility index (Phi) is 4.41. The average molecular weight is 299 g/mol. The Bertz CT molecular complexity index is 669. The molecular formula is C16H17N3O3. The number of carboxylic acid groups (broad SMARTS) is 1. The summed E-state index contributed by atoms with van der Waals surface area (Å²) in [6.07, 6.45) is 1.48. The number of aromatic nitrogens is 2. The molecule has 0 amide bonds. The van der Waals surface area contributed by atoms with Gasteiger partial charge in [0.2, 0.25) is 0 Å². The lowest BCUT2D eigenvalue weighted by atomic mass is 10.1. The average Bonchev–Trinajstić information content (AvgIpc) is 2.56. The van der Waals surface area contributed by atoms with Crippen molar-refractivity contribution in [1.29, 1.82) is 0 Å². The van der Waals surface area contributed by atoms with Crippen molar-refractivity contribution in [1.82, 2.24) is 14.9 Å². The highest BCUT2D eigenvalue weighted by molar-refractivity contribution is 5.85. The standard InChI is InChI=1S/C16H17N3O3/c20-16(21)14-5-6-17-15(18-14)13-4-2-1-3-12(13)11-19-7-9-22-10-8-19/h1-6H,7-11H2,(H,20,21). The third-order valence-corrected chi connectivity index (χ3v) is 3.63. The first-order chi connectivity index (χ1) is 10.7. The maximum absolute atomic E-state index is 11.1. The van der Waals surface area contributed by atoms with Gasteiger partial charge in [0.1, 0.15) is 0 Å². The highest BCUT2D eigenvalue weighted by Gasteiger charge is 2.15. The molecule has 1 N–H and O–H groups in total. The zero-order chi connectivity index (χ0) is 15.4. The predicted octanol–water partition coefficient (Wildman–Crippen LogP) is 1.67. The number of carboxylic acids is 1. The van der Waals surface area contributed by atoms with Crippen LogP contribution in [0.3, 0.4) is 0 Å². The molecule has 0 spiro atoms. The first-order valence-electron chi connectivity index (χ1n) is 7.19. The summed E-state index contributed by atoms with van der Waals surface area (Å²) < 4.78 is 5.36. The molecule has 0 radical (unpaired) electrons. The molecule has 2 heterocycles. The van der Waals surface area contributed by atoms with Crippen molar-refractivity contribution >= 4 is 5.97 Å². The van der Waals surface area contributed by atoms with Gasteiger partial charge in [-0.05, 0) is 11.6 Å². The molecule has 0 bridgehead atoms. The van der Waals surface area contributed by atoms with E-state index in [0.29, 0.717) is 5.82 Å². The topological polar surface area (TPSA) is 75.5 Å². The van der Waals surface area contributed by atoms with E-state index in [1.807, 2.05) is 24.3 Å². The third-order valence-electron chi connectivity index (χ3n) is 3.63. The SMILES string of the molecule is O=C(O)c1ccnc(-c2ccccc2CN2CCOCC2)n1. The summed E-state index contributed by atoms with van der Waals surface area (Å²) in [5, 5.41) is 9.07. The van der Waals surface area contributed by atoms with Crippen molar-refractivity contribution in [3.8, 4) is 11.4 Å². The number of rotatable bonds is 4. The van der Waals surface area contributed by atoms with Gasteiger partial charge in [0.15, 0.2) is 11.5 Å². The van der Waals surface area contributed by atoms with Crippen LogP contribution >= 0.6 is 0 Å². The fraction of sp³-hybridized carbons (Fsp3) is 0.312. The van der Waals surface area contributed by atoms with Gasteiger partial charge in [-0.1, -0.05) is 24.3 Å². The molecule has 0 atom stereocenters. The number of morpholine rings is 1. The predicted molar refractivity (Wildman–Crippen MR) is 80.5 cm³/mol. The summed E-state index contributed by atoms with van der Waals surface area (Å²) in [6, 6.07) is 9.24. The van der Waals surface area contributed by atoms with Gasteiger partial charge in [0.25, 0.3) is 0 Å². The minimum Gasteiger partial charge on any atom is -0.477 e. The molecule has 1 aromatic carbocycles. The molecule has 22 heavy (non-hydrogen) atoms. The molecule has 0 saturated carbocycles. The van der Waals surface area contributed by atoms with Crippen molar-refractivity contribution in [2.24, 2.45) is 0 Å². The fourth-order valence-corrected chi connectivity index (χ4v) is 2.48. The van der Waals surface area contributed by atoms with Gasteiger partial charge in [-0.15, -0.1) is 0 Å². The molecule has 6 heteroatoms. The first-order valence-corrected chi connectivity index (χ1v) is 7.19. The van der Waals surface area contributed by atoms with Crippen LogP contribution in [0.2, 0.25) is 0 Å². The second-order valence-corrected chi connectivity index (χ2v) is 5.12. The monoisotopic (exact) mass is 299 g/mol. The number of aromatic carboxylic acids is 1. The first kappa shape index (κ1) is 14.6. The molecule has 2 aromatic rings. The summed E-state index contributed by atoms with van der Waals surface area (Å²) in [6.45, 7) is 4.05. The number of ether oxygens (including phenoxy) is 1. The minimum absolute atomic E-state index is 0.00572. The quantitative estimate of drug-likeness (QED) is 0.925. The van der Waals surface area contributed by atoms with Gasteiger partial charge in [-0.25, -0.2) is 14.8 Å². The Morgan fingerprint density at radius 3 is 2.77 bits per heavy atom. The van der Waals surface area contributed by atoms with Crippen LogP contribution < -0.4 is 0 Å². The van der Waals surface area contributed by atoms with E-state index in [4.69, 9.17) is 9.84 Å². The van der Waals surface area contributed by atoms with E-state index in [1.165, 1.54) is 12.3 Å². The molecule has 1 aliphatic heterocycles. The molecule has 1 saturated heterocycles. The third kappa shape index (κ3) is 3.29. The molecule has 1 aliphatic rings. The van der Waals surface area contributed by atoms with Gasteiger partial charge in [0.05, 0.1) is 13.2 Å². The van der Waals surface area contributed by atoms with Crippen LogP contribution in [0, 0.1) is 0 Å². The van der Waals surface area contributed by atoms with Crippen LogP contribution in [-0.4, -0.2) is 52.2 Å². The number of nitrogens with zero attached hydrogens (tertiary/aromatic N) is 3. The van der Waals surface area contributed by atoms with E-state index in [0.717, 1.165) is 44.0 Å². The summed E-state index contributed by atoms with van der Waals surface area (Å²) in [5.41, 5.74) is 1.97. The second kappa shape index (κ2) is 6.64. The Labute approximate surface area is 128 Å². The number of carbonyl (C=O) groups is 1. The Morgan fingerprint density at radius 2 is 2.00 bits per heavy atom. The summed E-state index contributed by atoms with van der Waals surface area (Å²) >= 11 is 0. The van der Waals surface area contributed by atoms with Gasteiger partial charge >= 0.3 is 5.97 Å². The van der Waals surface area contributed by atoms with Gasteiger partial charge < -0.3 is 9.84 Å². The van der Waals surface area contributed by atoms with E-state index in [2.05, 4.69) is 14.9 Å². The minimum atomic E-state index is -1.05. The number of hydrogen-bond donors (Lipinski definition) is 1. The van der Waals surface area contributed by atoms with Crippen molar-refractivity contribution < 1.29 is 14.6 Å². The summed E-state index contributed by atoms with van der Waals surface area (Å²) in [7, 11) is 0. The van der Waals surface area contributed by atoms with Crippen molar-refractivity contribution in [2.45, 2.75) is 6.54 Å². The van der Waals surface area contributed by atoms with Crippen molar-refractivity contribution in [3.63, 3.8) is 0 Å². The number of hydrogen-bond acceptors (Lipinski definition) is 5. The van der Waals surface area contributed by atoms with E-state index < -0.39 is 5.97 Å². The largest absolute Gasteiger partial charge is 0.477 e. The zero-order valence-electron chi connectivity index (χ0n) is 12.1. The van der Waals surface area contributed by atoms with Crippen LogP contribution in [0.5, 0.6) is 0 Å². The van der Waals surface area contributed by atoms with E-state index in [9.17, 15) is 4.79 Å². The lowest BCUT2D eigenvalue weighted by Gasteiger charge is -2.27. The maximum atomic E-state index is 11.1. The van der Waals surface area contributed by atoms with Crippen LogP contribution in [-0.2, 0) is 11.3 Å². The lowest BCUT2D eigenvalue weighted by Crippen LogP contribution is -2.35. The van der Waals surface area contributed by atoms with Gasteiger partial charge in [-0.3, -0.25) is 4.90 Å². The molecule has 1 fully saturated rings.